The molecule has 9 heteroatoms. The van der Waals surface area contributed by atoms with E-state index in [-0.39, 0.29) is 11.4 Å². The molecule has 0 spiro atoms. The van der Waals surface area contributed by atoms with E-state index in [1.54, 1.807) is 5.51 Å². The fourth-order valence-electron chi connectivity index (χ4n) is 1.48. The summed E-state index contributed by atoms with van der Waals surface area (Å²) < 4.78 is 28.1. The van der Waals surface area contributed by atoms with Gasteiger partial charge in [0.15, 0.2) is 0 Å². The molecule has 0 saturated carbocycles. The van der Waals surface area contributed by atoms with Crippen LogP contribution in [0.1, 0.15) is 10.6 Å². The van der Waals surface area contributed by atoms with Crippen LogP contribution >= 0.6 is 11.3 Å². The van der Waals surface area contributed by atoms with Gasteiger partial charge < -0.3 is 5.73 Å². The van der Waals surface area contributed by atoms with E-state index in [4.69, 9.17) is 5.73 Å². The van der Waals surface area contributed by atoms with E-state index < -0.39 is 10.0 Å². The molecule has 0 saturated heterocycles. The van der Waals surface area contributed by atoms with Crippen molar-refractivity contribution in [2.24, 2.45) is 5.73 Å². The molecule has 19 heavy (non-hydrogen) atoms. The zero-order chi connectivity index (χ0) is 13.9. The second-order valence-electron chi connectivity index (χ2n) is 3.91. The van der Waals surface area contributed by atoms with Gasteiger partial charge >= 0.3 is 0 Å². The van der Waals surface area contributed by atoms with E-state index in [1.165, 1.54) is 28.4 Å². The van der Waals surface area contributed by atoms with Gasteiger partial charge in [-0.15, -0.1) is 11.3 Å². The Morgan fingerprint density at radius 1 is 1.53 bits per heavy atom. The van der Waals surface area contributed by atoms with Gasteiger partial charge in [-0.1, -0.05) is 0 Å². The lowest BCUT2D eigenvalue weighted by Crippen LogP contribution is -2.22. The van der Waals surface area contributed by atoms with Gasteiger partial charge in [0.1, 0.15) is 4.90 Å². The van der Waals surface area contributed by atoms with Crippen LogP contribution < -0.4 is 10.5 Å². The van der Waals surface area contributed by atoms with Crippen molar-refractivity contribution in [1.82, 2.24) is 19.5 Å². The first kappa shape index (κ1) is 14.1. The van der Waals surface area contributed by atoms with Crippen LogP contribution in [-0.4, -0.2) is 29.7 Å². The maximum Gasteiger partial charge on any atom is 0.244 e. The summed E-state index contributed by atoms with van der Waals surface area (Å²) in [7, 11) is -3.55. The average molecular weight is 301 g/mol. The predicted molar refractivity (Wildman–Crippen MR) is 72.2 cm³/mol. The van der Waals surface area contributed by atoms with Crippen molar-refractivity contribution < 1.29 is 8.42 Å². The first-order valence-corrected chi connectivity index (χ1v) is 8.00. The van der Waals surface area contributed by atoms with Crippen LogP contribution in [0.3, 0.4) is 0 Å². The molecule has 0 aliphatic carbocycles. The van der Waals surface area contributed by atoms with Crippen LogP contribution in [0.2, 0.25) is 0 Å². The lowest BCUT2D eigenvalue weighted by atomic mass is 10.4. The number of sulfonamides is 1. The zero-order valence-corrected chi connectivity index (χ0v) is 12.0. The molecule has 2 rings (SSSR count). The van der Waals surface area contributed by atoms with Crippen molar-refractivity contribution >= 4 is 21.4 Å². The molecule has 0 aliphatic rings. The van der Waals surface area contributed by atoms with Crippen molar-refractivity contribution in [2.75, 3.05) is 6.54 Å². The molecule has 0 aromatic carbocycles. The maximum absolute atomic E-state index is 12.0. The molecule has 7 nitrogen and oxygen atoms in total. The summed E-state index contributed by atoms with van der Waals surface area (Å²) in [5, 5.41) is 3.94. The van der Waals surface area contributed by atoms with Gasteiger partial charge in [-0.25, -0.2) is 18.1 Å². The second kappa shape index (κ2) is 5.78. The van der Waals surface area contributed by atoms with E-state index in [0.717, 1.165) is 10.6 Å². The van der Waals surface area contributed by atoms with E-state index in [9.17, 15) is 8.42 Å². The smallest absolute Gasteiger partial charge is 0.244 e. The normalized spacial score (nSPS) is 11.9. The fourth-order valence-corrected chi connectivity index (χ4v) is 3.23. The second-order valence-corrected chi connectivity index (χ2v) is 6.62. The number of thiazole rings is 1. The fraction of sp³-hybridized carbons (Fsp3) is 0.400. The highest BCUT2D eigenvalue weighted by molar-refractivity contribution is 7.89. The Morgan fingerprint density at radius 3 is 2.95 bits per heavy atom. The molecule has 0 bridgehead atoms. The molecule has 2 aromatic heterocycles. The minimum atomic E-state index is -3.55. The van der Waals surface area contributed by atoms with Crippen molar-refractivity contribution in [3.05, 3.63) is 28.5 Å². The lowest BCUT2D eigenvalue weighted by molar-refractivity contribution is 0.580. The summed E-state index contributed by atoms with van der Waals surface area (Å²) >= 11 is 1.42. The topological polar surface area (TPSA) is 103 Å². The number of nitrogens with zero attached hydrogens (tertiary/aromatic N) is 3. The van der Waals surface area contributed by atoms with E-state index in [0.29, 0.717) is 13.1 Å². The highest BCUT2D eigenvalue weighted by Crippen LogP contribution is 2.13. The molecule has 0 radical (unpaired) electrons. The molecule has 104 valence electrons. The molecular weight excluding hydrogens is 286 g/mol. The van der Waals surface area contributed by atoms with Gasteiger partial charge in [0.25, 0.3) is 0 Å². The molecular formula is C10H15N5O2S2. The van der Waals surface area contributed by atoms with Crippen LogP contribution in [0.25, 0.3) is 0 Å². The number of aromatic nitrogens is 3. The van der Waals surface area contributed by atoms with Crippen LogP contribution in [0.4, 0.5) is 0 Å². The number of aryl methyl sites for hydroxylation is 1. The Morgan fingerprint density at radius 2 is 2.32 bits per heavy atom. The van der Waals surface area contributed by atoms with Crippen LogP contribution in [-0.2, 0) is 23.1 Å². The van der Waals surface area contributed by atoms with Crippen molar-refractivity contribution in [1.29, 1.82) is 0 Å². The molecule has 2 aromatic rings. The summed E-state index contributed by atoms with van der Waals surface area (Å²) in [6, 6.07) is 0. The maximum atomic E-state index is 12.0. The third-order valence-electron chi connectivity index (χ3n) is 2.55. The third kappa shape index (κ3) is 3.38. The molecule has 2 heterocycles. The van der Waals surface area contributed by atoms with E-state index in [1.807, 2.05) is 6.92 Å². The summed E-state index contributed by atoms with van der Waals surface area (Å²) in [6.45, 7) is 2.98. The SMILES string of the molecule is Cc1ncsc1CNS(=O)(=O)c1cnn(CCN)c1. The molecule has 0 amide bonds. The quantitative estimate of drug-likeness (QED) is 0.787. The van der Waals surface area contributed by atoms with Crippen LogP contribution in [0.5, 0.6) is 0 Å². The summed E-state index contributed by atoms with van der Waals surface area (Å²) in [5.74, 6) is 0. The first-order chi connectivity index (χ1) is 9.03. The van der Waals surface area contributed by atoms with Gasteiger partial charge in [0.05, 0.1) is 23.9 Å². The van der Waals surface area contributed by atoms with Gasteiger partial charge in [0, 0.05) is 24.2 Å². The van der Waals surface area contributed by atoms with Gasteiger partial charge in [-0.3, -0.25) is 4.68 Å². The number of hydrogen-bond donors (Lipinski definition) is 2. The molecule has 0 atom stereocenters. The number of nitrogens with two attached hydrogens (primary N) is 1. The largest absolute Gasteiger partial charge is 0.329 e. The van der Waals surface area contributed by atoms with Gasteiger partial charge in [0.2, 0.25) is 10.0 Å². The summed E-state index contributed by atoms with van der Waals surface area (Å²) in [5.41, 5.74) is 7.92. The van der Waals surface area contributed by atoms with E-state index in [2.05, 4.69) is 14.8 Å². The average Bonchev–Trinajstić information content (AvgIpc) is 2.97. The van der Waals surface area contributed by atoms with Crippen molar-refractivity contribution in [3.8, 4) is 0 Å². The first-order valence-electron chi connectivity index (χ1n) is 5.64. The predicted octanol–water partition coefficient (Wildman–Crippen LogP) is 0.0852. The van der Waals surface area contributed by atoms with Gasteiger partial charge in [-0.05, 0) is 6.92 Å². The monoisotopic (exact) mass is 301 g/mol. The highest BCUT2D eigenvalue weighted by atomic mass is 32.2. The van der Waals surface area contributed by atoms with E-state index >= 15 is 0 Å². The minimum Gasteiger partial charge on any atom is -0.329 e. The van der Waals surface area contributed by atoms with Crippen LogP contribution in [0, 0.1) is 6.92 Å². The molecule has 3 N–H and O–H groups in total. The van der Waals surface area contributed by atoms with Gasteiger partial charge in [-0.2, -0.15) is 5.10 Å². The summed E-state index contributed by atoms with van der Waals surface area (Å²) in [4.78, 5) is 5.11. The number of rotatable bonds is 6. The standard InChI is InChI=1S/C10H15N5O2S2/c1-8-10(18-7-12-8)5-14-19(16,17)9-4-13-15(6-9)3-2-11/h4,6-7,14H,2-3,5,11H2,1H3. The Bertz CT molecular complexity index is 646. The Balaban J connectivity index is 2.07. The van der Waals surface area contributed by atoms with Crippen molar-refractivity contribution in [3.63, 3.8) is 0 Å². The van der Waals surface area contributed by atoms with Crippen molar-refractivity contribution in [2.45, 2.75) is 24.9 Å². The third-order valence-corrected chi connectivity index (χ3v) is 4.84. The lowest BCUT2D eigenvalue weighted by Gasteiger charge is -2.03. The molecule has 0 fully saturated rings. The summed E-state index contributed by atoms with van der Waals surface area (Å²) in [6.07, 6.45) is 2.78. The minimum absolute atomic E-state index is 0.142. The molecule has 0 aliphatic heterocycles. The Hall–Kier alpha value is -1.29. The number of nitrogens with one attached hydrogen (secondary N) is 1. The number of hydrogen-bond acceptors (Lipinski definition) is 6. The highest BCUT2D eigenvalue weighted by Gasteiger charge is 2.17. The Kier molecular flexibility index (Phi) is 4.30. The zero-order valence-electron chi connectivity index (χ0n) is 10.4. The van der Waals surface area contributed by atoms with Crippen LogP contribution in [0.15, 0.2) is 22.8 Å². The Labute approximate surface area is 115 Å². The molecule has 0 unspecified atom stereocenters.